The zero-order valence-corrected chi connectivity index (χ0v) is 10.8. The van der Waals surface area contributed by atoms with Crippen LogP contribution in [0.3, 0.4) is 0 Å². The normalized spacial score (nSPS) is 11.9. The van der Waals surface area contributed by atoms with Gasteiger partial charge in [0.05, 0.1) is 11.7 Å². The summed E-state index contributed by atoms with van der Waals surface area (Å²) in [4.78, 5) is 8.52. The maximum absolute atomic E-state index is 9.44. The molecule has 0 saturated carbocycles. The van der Waals surface area contributed by atoms with Crippen LogP contribution in [0.5, 0.6) is 5.75 Å². The Labute approximate surface area is 112 Å². The SMILES string of the molecule is C=CCOc1ccccc1-c1ncc(C(C)O)cn1. The summed E-state index contributed by atoms with van der Waals surface area (Å²) in [6.45, 7) is 5.74. The molecule has 4 nitrogen and oxygen atoms in total. The van der Waals surface area contributed by atoms with Crippen LogP contribution in [0, 0.1) is 0 Å². The second-order valence-corrected chi connectivity index (χ2v) is 4.11. The van der Waals surface area contributed by atoms with E-state index >= 15 is 0 Å². The van der Waals surface area contributed by atoms with Crippen molar-refractivity contribution < 1.29 is 9.84 Å². The van der Waals surface area contributed by atoms with Gasteiger partial charge in [0.25, 0.3) is 0 Å². The van der Waals surface area contributed by atoms with Crippen molar-refractivity contribution in [1.29, 1.82) is 0 Å². The van der Waals surface area contributed by atoms with Gasteiger partial charge in [-0.25, -0.2) is 9.97 Å². The molecule has 19 heavy (non-hydrogen) atoms. The third-order valence-corrected chi connectivity index (χ3v) is 2.64. The standard InChI is InChI=1S/C15H16N2O2/c1-3-8-19-14-7-5-4-6-13(14)15-16-9-12(10-17-15)11(2)18/h3-7,9-11,18H,1,8H2,2H3. The second-order valence-electron chi connectivity index (χ2n) is 4.11. The van der Waals surface area contributed by atoms with Crippen LogP contribution in [-0.4, -0.2) is 21.7 Å². The Morgan fingerprint density at radius 1 is 1.32 bits per heavy atom. The van der Waals surface area contributed by atoms with E-state index in [2.05, 4.69) is 16.5 Å². The molecule has 1 N–H and O–H groups in total. The van der Waals surface area contributed by atoms with Crippen molar-refractivity contribution in [3.8, 4) is 17.1 Å². The largest absolute Gasteiger partial charge is 0.489 e. The maximum atomic E-state index is 9.44. The topological polar surface area (TPSA) is 55.2 Å². The Hall–Kier alpha value is -2.20. The van der Waals surface area contributed by atoms with E-state index in [0.29, 0.717) is 23.7 Å². The first-order valence-electron chi connectivity index (χ1n) is 6.05. The highest BCUT2D eigenvalue weighted by molar-refractivity contribution is 5.63. The van der Waals surface area contributed by atoms with Gasteiger partial charge < -0.3 is 9.84 Å². The molecule has 1 heterocycles. The van der Waals surface area contributed by atoms with Crippen molar-refractivity contribution in [2.45, 2.75) is 13.0 Å². The average Bonchev–Trinajstić information content (AvgIpc) is 2.45. The van der Waals surface area contributed by atoms with Gasteiger partial charge in [-0.05, 0) is 19.1 Å². The molecule has 4 heteroatoms. The first-order chi connectivity index (χ1) is 9.22. The van der Waals surface area contributed by atoms with Crippen molar-refractivity contribution >= 4 is 0 Å². The fourth-order valence-electron chi connectivity index (χ4n) is 1.62. The summed E-state index contributed by atoms with van der Waals surface area (Å²) in [5.74, 6) is 1.29. The molecule has 1 aromatic carbocycles. The molecule has 0 aliphatic heterocycles. The zero-order chi connectivity index (χ0) is 13.7. The van der Waals surface area contributed by atoms with Crippen LogP contribution in [0.1, 0.15) is 18.6 Å². The number of hydrogen-bond donors (Lipinski definition) is 1. The van der Waals surface area contributed by atoms with E-state index in [1.54, 1.807) is 25.4 Å². The van der Waals surface area contributed by atoms with E-state index in [4.69, 9.17) is 4.74 Å². The number of nitrogens with zero attached hydrogens (tertiary/aromatic N) is 2. The predicted octanol–water partition coefficient (Wildman–Crippen LogP) is 2.76. The minimum atomic E-state index is -0.568. The number of para-hydroxylation sites is 1. The molecule has 0 bridgehead atoms. The van der Waals surface area contributed by atoms with Gasteiger partial charge in [0.2, 0.25) is 0 Å². The first-order valence-corrected chi connectivity index (χ1v) is 6.05. The van der Waals surface area contributed by atoms with Gasteiger partial charge in [0, 0.05) is 18.0 Å². The molecule has 0 aliphatic rings. The maximum Gasteiger partial charge on any atom is 0.162 e. The summed E-state index contributed by atoms with van der Waals surface area (Å²) in [6, 6.07) is 7.56. The second kappa shape index (κ2) is 6.11. The van der Waals surface area contributed by atoms with E-state index in [1.807, 2.05) is 24.3 Å². The van der Waals surface area contributed by atoms with Gasteiger partial charge in [-0.1, -0.05) is 24.8 Å². The molecule has 0 amide bonds. The van der Waals surface area contributed by atoms with Crippen LogP contribution in [0.15, 0.2) is 49.3 Å². The third kappa shape index (κ3) is 3.17. The third-order valence-electron chi connectivity index (χ3n) is 2.64. The molecule has 2 aromatic rings. The van der Waals surface area contributed by atoms with Crippen LogP contribution >= 0.6 is 0 Å². The number of benzene rings is 1. The molecule has 0 spiro atoms. The quantitative estimate of drug-likeness (QED) is 0.836. The van der Waals surface area contributed by atoms with E-state index in [0.717, 1.165) is 5.56 Å². The number of ether oxygens (including phenoxy) is 1. The average molecular weight is 256 g/mol. The number of aromatic nitrogens is 2. The zero-order valence-electron chi connectivity index (χ0n) is 10.8. The summed E-state index contributed by atoms with van der Waals surface area (Å²) >= 11 is 0. The number of aliphatic hydroxyl groups is 1. The lowest BCUT2D eigenvalue weighted by Gasteiger charge is -2.09. The summed E-state index contributed by atoms with van der Waals surface area (Å²) in [5, 5.41) is 9.44. The predicted molar refractivity (Wildman–Crippen MR) is 73.8 cm³/mol. The molecule has 0 saturated heterocycles. The molecule has 2 rings (SSSR count). The molecule has 98 valence electrons. The Bertz CT molecular complexity index is 550. The van der Waals surface area contributed by atoms with Gasteiger partial charge in [0.15, 0.2) is 5.82 Å². The minimum Gasteiger partial charge on any atom is -0.489 e. The molecule has 0 aliphatic carbocycles. The number of hydrogen-bond acceptors (Lipinski definition) is 4. The molecular formula is C15H16N2O2. The molecule has 0 fully saturated rings. The van der Waals surface area contributed by atoms with Gasteiger partial charge in [-0.2, -0.15) is 0 Å². The van der Waals surface area contributed by atoms with Crippen molar-refractivity contribution in [1.82, 2.24) is 9.97 Å². The van der Waals surface area contributed by atoms with Crippen molar-refractivity contribution in [2.75, 3.05) is 6.61 Å². The molecule has 0 radical (unpaired) electrons. The van der Waals surface area contributed by atoms with Crippen LogP contribution in [0.25, 0.3) is 11.4 Å². The van der Waals surface area contributed by atoms with Crippen LogP contribution < -0.4 is 4.74 Å². The van der Waals surface area contributed by atoms with E-state index in [-0.39, 0.29) is 0 Å². The van der Waals surface area contributed by atoms with Gasteiger partial charge in [0.1, 0.15) is 12.4 Å². The monoisotopic (exact) mass is 256 g/mol. The number of aliphatic hydroxyl groups excluding tert-OH is 1. The fraction of sp³-hybridized carbons (Fsp3) is 0.200. The summed E-state index contributed by atoms with van der Waals surface area (Å²) < 4.78 is 5.57. The summed E-state index contributed by atoms with van der Waals surface area (Å²) in [5.41, 5.74) is 1.51. The molecule has 1 unspecified atom stereocenters. The molecule has 1 atom stereocenters. The van der Waals surface area contributed by atoms with Crippen molar-refractivity contribution in [2.24, 2.45) is 0 Å². The smallest absolute Gasteiger partial charge is 0.162 e. The van der Waals surface area contributed by atoms with Gasteiger partial charge in [-0.3, -0.25) is 0 Å². The Balaban J connectivity index is 2.32. The van der Waals surface area contributed by atoms with Crippen molar-refractivity contribution in [3.05, 3.63) is 54.9 Å². The van der Waals surface area contributed by atoms with E-state index in [1.165, 1.54) is 0 Å². The van der Waals surface area contributed by atoms with E-state index in [9.17, 15) is 5.11 Å². The highest BCUT2D eigenvalue weighted by atomic mass is 16.5. The molecule has 1 aromatic heterocycles. The Morgan fingerprint density at radius 3 is 2.63 bits per heavy atom. The summed E-state index contributed by atoms with van der Waals surface area (Å²) in [7, 11) is 0. The Kier molecular flexibility index (Phi) is 4.26. The van der Waals surface area contributed by atoms with Gasteiger partial charge >= 0.3 is 0 Å². The highest BCUT2D eigenvalue weighted by Gasteiger charge is 2.09. The number of rotatable bonds is 5. The van der Waals surface area contributed by atoms with Crippen LogP contribution in [0.2, 0.25) is 0 Å². The lowest BCUT2D eigenvalue weighted by molar-refractivity contribution is 0.198. The lowest BCUT2D eigenvalue weighted by Crippen LogP contribution is -1.99. The van der Waals surface area contributed by atoms with Gasteiger partial charge in [-0.15, -0.1) is 0 Å². The minimum absolute atomic E-state index is 0.433. The fourth-order valence-corrected chi connectivity index (χ4v) is 1.62. The lowest BCUT2D eigenvalue weighted by atomic mass is 10.1. The van der Waals surface area contributed by atoms with Crippen molar-refractivity contribution in [3.63, 3.8) is 0 Å². The molecular weight excluding hydrogens is 240 g/mol. The van der Waals surface area contributed by atoms with Crippen LogP contribution in [0.4, 0.5) is 0 Å². The summed E-state index contributed by atoms with van der Waals surface area (Å²) in [6.07, 6.45) is 4.37. The van der Waals surface area contributed by atoms with E-state index < -0.39 is 6.10 Å². The highest BCUT2D eigenvalue weighted by Crippen LogP contribution is 2.27. The van der Waals surface area contributed by atoms with Crippen LogP contribution in [-0.2, 0) is 0 Å². The Morgan fingerprint density at radius 2 is 2.00 bits per heavy atom. The first kappa shape index (κ1) is 13.2.